The molecule has 112 valence electrons. The van der Waals surface area contributed by atoms with E-state index in [1.54, 1.807) is 0 Å². The lowest BCUT2D eigenvalue weighted by atomic mass is 9.71. The lowest BCUT2D eigenvalue weighted by molar-refractivity contribution is -0.151. The first-order valence-corrected chi connectivity index (χ1v) is 7.11. The lowest BCUT2D eigenvalue weighted by Gasteiger charge is -2.35. The van der Waals surface area contributed by atoms with Gasteiger partial charge in [0.05, 0.1) is 5.41 Å². The molecule has 0 radical (unpaired) electrons. The Labute approximate surface area is 120 Å². The molecular formula is C15H24N2O3. The average Bonchev–Trinajstić information content (AvgIpc) is 2.38. The third-order valence-electron chi connectivity index (χ3n) is 4.07. The number of carbonyl (C=O) groups is 2. The number of nitrogens with one attached hydrogen (secondary N) is 2. The van der Waals surface area contributed by atoms with E-state index in [4.69, 9.17) is 6.42 Å². The predicted molar refractivity (Wildman–Crippen MR) is 77.1 cm³/mol. The Balaban J connectivity index is 2.50. The van der Waals surface area contributed by atoms with E-state index in [2.05, 4.69) is 23.5 Å². The van der Waals surface area contributed by atoms with Gasteiger partial charge in [-0.1, -0.05) is 6.92 Å². The molecule has 0 aromatic heterocycles. The van der Waals surface area contributed by atoms with Crippen molar-refractivity contribution in [1.29, 1.82) is 0 Å². The number of amides is 2. The molecule has 1 unspecified atom stereocenters. The largest absolute Gasteiger partial charge is 0.481 e. The third-order valence-corrected chi connectivity index (χ3v) is 4.07. The minimum atomic E-state index is -0.820. The molecule has 1 fully saturated rings. The van der Waals surface area contributed by atoms with E-state index in [1.165, 1.54) is 0 Å². The molecule has 0 spiro atoms. The molecule has 0 aromatic carbocycles. The Hall–Kier alpha value is -1.70. The van der Waals surface area contributed by atoms with Crippen LogP contribution in [0.15, 0.2) is 0 Å². The Morgan fingerprint density at radius 1 is 1.45 bits per heavy atom. The summed E-state index contributed by atoms with van der Waals surface area (Å²) in [6, 6.07) is -0.473. The highest BCUT2D eigenvalue weighted by molar-refractivity contribution is 5.78. The van der Waals surface area contributed by atoms with Crippen molar-refractivity contribution in [3.05, 3.63) is 0 Å². The van der Waals surface area contributed by atoms with Gasteiger partial charge in [0.1, 0.15) is 0 Å². The summed E-state index contributed by atoms with van der Waals surface area (Å²) in [5.41, 5.74) is -0.820. The molecule has 1 rings (SSSR count). The standard InChI is InChI=1S/C15H24N2O3/c1-4-5-12(3)17-14(20)16-10-15(13(18)19)8-6-11(2)7-9-15/h1,11-12H,5-10H2,2-3H3,(H,18,19)(H2,16,17,20). The van der Waals surface area contributed by atoms with Crippen molar-refractivity contribution in [2.45, 2.75) is 52.0 Å². The summed E-state index contributed by atoms with van der Waals surface area (Å²) >= 11 is 0. The number of rotatable bonds is 5. The molecule has 1 aliphatic rings. The zero-order valence-corrected chi connectivity index (χ0v) is 12.2. The molecule has 0 aliphatic heterocycles. The van der Waals surface area contributed by atoms with Gasteiger partial charge in [0.2, 0.25) is 0 Å². The molecular weight excluding hydrogens is 256 g/mol. The molecule has 1 saturated carbocycles. The van der Waals surface area contributed by atoms with Crippen LogP contribution in [-0.2, 0) is 4.79 Å². The van der Waals surface area contributed by atoms with E-state index in [0.29, 0.717) is 25.2 Å². The summed E-state index contributed by atoms with van der Waals surface area (Å²) in [4.78, 5) is 23.2. The second-order valence-electron chi connectivity index (χ2n) is 5.90. The SMILES string of the molecule is C#CCC(C)NC(=O)NCC1(C(=O)O)CCC(C)CC1. The summed E-state index contributed by atoms with van der Waals surface area (Å²) in [6.07, 6.45) is 8.64. The molecule has 5 heteroatoms. The van der Waals surface area contributed by atoms with E-state index < -0.39 is 11.4 Å². The Kier molecular flexibility index (Phi) is 5.87. The van der Waals surface area contributed by atoms with Crippen LogP contribution in [-0.4, -0.2) is 29.7 Å². The van der Waals surface area contributed by atoms with E-state index >= 15 is 0 Å². The molecule has 0 aromatic rings. The van der Waals surface area contributed by atoms with Gasteiger partial charge in [-0.15, -0.1) is 12.3 Å². The van der Waals surface area contributed by atoms with Crippen molar-refractivity contribution >= 4 is 12.0 Å². The van der Waals surface area contributed by atoms with Gasteiger partial charge in [-0.2, -0.15) is 0 Å². The van der Waals surface area contributed by atoms with Crippen LogP contribution in [0.25, 0.3) is 0 Å². The van der Waals surface area contributed by atoms with Crippen LogP contribution in [0.5, 0.6) is 0 Å². The summed E-state index contributed by atoms with van der Waals surface area (Å²) < 4.78 is 0. The fourth-order valence-electron chi connectivity index (χ4n) is 2.53. The monoisotopic (exact) mass is 280 g/mol. The number of carboxylic acids is 1. The third kappa shape index (κ3) is 4.44. The van der Waals surface area contributed by atoms with Crippen molar-refractivity contribution in [2.75, 3.05) is 6.54 Å². The van der Waals surface area contributed by atoms with Crippen LogP contribution >= 0.6 is 0 Å². The first-order chi connectivity index (χ1) is 9.39. The van der Waals surface area contributed by atoms with Gasteiger partial charge < -0.3 is 15.7 Å². The second-order valence-corrected chi connectivity index (χ2v) is 5.90. The zero-order chi connectivity index (χ0) is 15.2. The smallest absolute Gasteiger partial charge is 0.315 e. The van der Waals surface area contributed by atoms with Gasteiger partial charge in [0, 0.05) is 19.0 Å². The minimum Gasteiger partial charge on any atom is -0.481 e. The molecule has 0 bridgehead atoms. The van der Waals surface area contributed by atoms with Crippen LogP contribution in [0.3, 0.4) is 0 Å². The van der Waals surface area contributed by atoms with Crippen molar-refractivity contribution in [3.8, 4) is 12.3 Å². The summed E-state index contributed by atoms with van der Waals surface area (Å²) in [7, 11) is 0. The van der Waals surface area contributed by atoms with Crippen LogP contribution < -0.4 is 10.6 Å². The molecule has 2 amide bonds. The maximum Gasteiger partial charge on any atom is 0.315 e. The van der Waals surface area contributed by atoms with Crippen molar-refractivity contribution in [2.24, 2.45) is 11.3 Å². The number of terminal acetylenes is 1. The van der Waals surface area contributed by atoms with E-state index in [1.807, 2.05) is 6.92 Å². The maximum atomic E-state index is 11.7. The Bertz CT molecular complexity index is 392. The highest BCUT2D eigenvalue weighted by Crippen LogP contribution is 2.38. The van der Waals surface area contributed by atoms with Crippen LogP contribution in [0.2, 0.25) is 0 Å². The van der Waals surface area contributed by atoms with Gasteiger partial charge in [-0.3, -0.25) is 4.79 Å². The summed E-state index contributed by atoms with van der Waals surface area (Å²) in [5.74, 6) is 2.22. The molecule has 1 atom stereocenters. The highest BCUT2D eigenvalue weighted by Gasteiger charge is 2.41. The molecule has 0 saturated heterocycles. The number of urea groups is 1. The molecule has 5 nitrogen and oxygen atoms in total. The quantitative estimate of drug-likeness (QED) is 0.674. The van der Waals surface area contributed by atoms with Gasteiger partial charge >= 0.3 is 12.0 Å². The van der Waals surface area contributed by atoms with E-state index in [9.17, 15) is 14.7 Å². The number of hydrogen-bond acceptors (Lipinski definition) is 2. The van der Waals surface area contributed by atoms with Crippen molar-refractivity contribution < 1.29 is 14.7 Å². The molecule has 3 N–H and O–H groups in total. The number of aliphatic carboxylic acids is 1. The number of carboxylic acid groups (broad SMARTS) is 1. The topological polar surface area (TPSA) is 78.4 Å². The summed E-state index contributed by atoms with van der Waals surface area (Å²) in [5, 5.41) is 14.8. The van der Waals surface area contributed by atoms with Gasteiger partial charge in [0.15, 0.2) is 0 Å². The first-order valence-electron chi connectivity index (χ1n) is 7.11. The number of hydrogen-bond donors (Lipinski definition) is 3. The minimum absolute atomic E-state index is 0.118. The Morgan fingerprint density at radius 2 is 2.05 bits per heavy atom. The first kappa shape index (κ1) is 16.4. The second kappa shape index (κ2) is 7.18. The lowest BCUT2D eigenvalue weighted by Crippen LogP contribution is -2.49. The molecule has 0 heterocycles. The normalized spacial score (nSPS) is 27.1. The van der Waals surface area contributed by atoms with E-state index in [0.717, 1.165) is 12.8 Å². The average molecular weight is 280 g/mol. The van der Waals surface area contributed by atoms with Crippen LogP contribution in [0.4, 0.5) is 4.79 Å². The van der Waals surface area contributed by atoms with E-state index in [-0.39, 0.29) is 18.6 Å². The van der Waals surface area contributed by atoms with Gasteiger partial charge in [-0.25, -0.2) is 4.79 Å². The molecule has 1 aliphatic carbocycles. The fourth-order valence-corrected chi connectivity index (χ4v) is 2.53. The molecule has 20 heavy (non-hydrogen) atoms. The van der Waals surface area contributed by atoms with Gasteiger partial charge in [-0.05, 0) is 38.5 Å². The predicted octanol–water partition coefficient (Wildman–Crippen LogP) is 1.98. The van der Waals surface area contributed by atoms with Gasteiger partial charge in [0.25, 0.3) is 0 Å². The Morgan fingerprint density at radius 3 is 2.55 bits per heavy atom. The van der Waals surface area contributed by atoms with Crippen molar-refractivity contribution in [3.63, 3.8) is 0 Å². The maximum absolute atomic E-state index is 11.7. The van der Waals surface area contributed by atoms with Crippen molar-refractivity contribution in [1.82, 2.24) is 10.6 Å². The number of carbonyl (C=O) groups excluding carboxylic acids is 1. The van der Waals surface area contributed by atoms with Crippen LogP contribution in [0.1, 0.15) is 46.0 Å². The highest BCUT2D eigenvalue weighted by atomic mass is 16.4. The summed E-state index contributed by atoms with van der Waals surface area (Å²) in [6.45, 7) is 4.12. The zero-order valence-electron chi connectivity index (χ0n) is 12.2. The van der Waals surface area contributed by atoms with Crippen LogP contribution in [0, 0.1) is 23.7 Å². The fraction of sp³-hybridized carbons (Fsp3) is 0.733.